The molecule has 0 saturated heterocycles. The summed E-state index contributed by atoms with van der Waals surface area (Å²) < 4.78 is 17.0. The van der Waals surface area contributed by atoms with Crippen molar-refractivity contribution < 1.29 is 18.9 Å². The smallest absolute Gasteiger partial charge is 0.292 e. The Balaban J connectivity index is 1.65. The number of rotatable bonds is 8. The Morgan fingerprint density at radius 2 is 0.659 bits per heavy atom. The summed E-state index contributed by atoms with van der Waals surface area (Å²) in [7, 11) is 0. The first-order valence-electron chi connectivity index (χ1n) is 11.5. The maximum absolute atomic E-state index is 8.63. The third kappa shape index (κ3) is 6.83. The highest BCUT2D eigenvalue weighted by Gasteiger charge is 2.63. The molecule has 41 heavy (non-hydrogen) atoms. The summed E-state index contributed by atoms with van der Waals surface area (Å²) in [6, 6.07) is 26.1. The molecule has 0 fully saturated rings. The molecule has 4 rings (SSSR count). The molecule has 12 heteroatoms. The van der Waals surface area contributed by atoms with E-state index in [1.165, 1.54) is 0 Å². The van der Waals surface area contributed by atoms with Crippen LogP contribution in [0, 0.1) is 23.0 Å². The van der Waals surface area contributed by atoms with Crippen LogP contribution in [0.25, 0.3) is 0 Å². The van der Waals surface area contributed by atoms with E-state index in [4.69, 9.17) is 99.1 Å². The first-order chi connectivity index (χ1) is 19.5. The highest BCUT2D eigenvalue weighted by atomic mass is 35.6. The van der Waals surface area contributed by atoms with E-state index in [1.54, 1.807) is 110 Å². The lowest BCUT2D eigenvalue weighted by atomic mass is 9.76. The van der Waals surface area contributed by atoms with Gasteiger partial charge in [0.1, 0.15) is 39.9 Å². The molecule has 4 aromatic carbocycles. The van der Waals surface area contributed by atoms with E-state index in [-0.39, 0.29) is 0 Å². The lowest BCUT2D eigenvalue weighted by Gasteiger charge is -2.45. The third-order valence-corrected chi connectivity index (χ3v) is 7.57. The third-order valence-electron chi connectivity index (χ3n) is 5.87. The van der Waals surface area contributed by atoms with Crippen LogP contribution in [0.4, 0.5) is 0 Å². The molecule has 0 aliphatic heterocycles. The van der Waals surface area contributed by atoms with E-state index in [1.807, 2.05) is 0 Å². The molecule has 0 aliphatic carbocycles. The molecule has 0 unspecified atom stereocenters. The molecule has 6 nitrogen and oxygen atoms in total. The average molecular weight is 669 g/mol. The van der Waals surface area contributed by atoms with Gasteiger partial charge in [-0.05, 0) is 83.9 Å². The summed E-state index contributed by atoms with van der Waals surface area (Å²) in [6.07, 6.45) is 3.21. The Bertz CT molecular complexity index is 1430. The van der Waals surface area contributed by atoms with Crippen LogP contribution in [0.3, 0.4) is 0 Å². The van der Waals surface area contributed by atoms with Crippen LogP contribution in [-0.4, -0.2) is 7.59 Å². The van der Waals surface area contributed by atoms with Gasteiger partial charge in [0, 0.05) is 0 Å². The van der Waals surface area contributed by atoms with E-state index in [0.29, 0.717) is 45.6 Å². The molecule has 0 N–H and O–H groups in total. The second kappa shape index (κ2) is 12.8. The summed E-state index contributed by atoms with van der Waals surface area (Å²) in [5.41, 5.74) is -0.979. The lowest BCUT2D eigenvalue weighted by molar-refractivity contribution is 0.473. The highest BCUT2D eigenvalue weighted by molar-refractivity contribution is 6.74. The van der Waals surface area contributed by atoms with Gasteiger partial charge in [0.2, 0.25) is 7.59 Å². The average Bonchev–Trinajstić information content (AvgIpc) is 2.92. The van der Waals surface area contributed by atoms with Gasteiger partial charge in [-0.15, -0.1) is 10.5 Å². The number of halogens is 6. The molecule has 0 radical (unpaired) electrons. The van der Waals surface area contributed by atoms with E-state index >= 15 is 0 Å². The van der Waals surface area contributed by atoms with Crippen molar-refractivity contribution in [3.63, 3.8) is 0 Å². The fourth-order valence-corrected chi connectivity index (χ4v) is 6.65. The maximum Gasteiger partial charge on any atom is 0.292 e. The SMILES string of the molecule is N#COc1ccc(Oc2ccc(C(c3ccc(Oc4ccc(OC#N)cc4)cc3)(C(Cl)(Cl)Cl)C(Cl)(Cl)Cl)cc2)cc1. The molecule has 4 aromatic rings. The summed E-state index contributed by atoms with van der Waals surface area (Å²) in [6.45, 7) is 0. The molecule has 0 heterocycles. The number of nitrogens with zero attached hydrogens (tertiary/aromatic N) is 2. The number of hydrogen-bond acceptors (Lipinski definition) is 6. The van der Waals surface area contributed by atoms with Crippen molar-refractivity contribution in [3.8, 4) is 47.0 Å². The first-order valence-corrected chi connectivity index (χ1v) is 13.8. The van der Waals surface area contributed by atoms with Crippen LogP contribution in [0.15, 0.2) is 97.1 Å². The quantitative estimate of drug-likeness (QED) is 0.137. The number of nitriles is 2. The van der Waals surface area contributed by atoms with Crippen molar-refractivity contribution in [2.75, 3.05) is 0 Å². The highest BCUT2D eigenvalue weighted by Crippen LogP contribution is 2.62. The second-order valence-electron chi connectivity index (χ2n) is 8.33. The molecule has 0 aliphatic rings. The normalized spacial score (nSPS) is 11.6. The van der Waals surface area contributed by atoms with E-state index in [0.717, 1.165) is 0 Å². The lowest BCUT2D eigenvalue weighted by Crippen LogP contribution is -2.51. The first kappa shape index (κ1) is 30.8. The van der Waals surface area contributed by atoms with E-state index in [2.05, 4.69) is 0 Å². The fourth-order valence-electron chi connectivity index (χ4n) is 4.06. The van der Waals surface area contributed by atoms with Crippen LogP contribution in [-0.2, 0) is 5.41 Å². The number of alkyl halides is 6. The summed E-state index contributed by atoms with van der Waals surface area (Å²) >= 11 is 39.5. The molecule has 0 amide bonds. The second-order valence-corrected chi connectivity index (χ2v) is 12.9. The van der Waals surface area contributed by atoms with Gasteiger partial charge in [0.25, 0.3) is 12.5 Å². The predicted molar refractivity (Wildman–Crippen MR) is 160 cm³/mol. The Morgan fingerprint density at radius 3 is 0.902 bits per heavy atom. The van der Waals surface area contributed by atoms with Gasteiger partial charge in [-0.3, -0.25) is 0 Å². The zero-order chi connectivity index (χ0) is 29.7. The summed E-state index contributed by atoms with van der Waals surface area (Å²) in [4.78, 5) is 0. The fraction of sp³-hybridized carbons (Fsp3) is 0.103. The van der Waals surface area contributed by atoms with Crippen molar-refractivity contribution in [2.45, 2.75) is 13.0 Å². The van der Waals surface area contributed by atoms with Crippen LogP contribution in [0.2, 0.25) is 0 Å². The Kier molecular flexibility index (Phi) is 9.57. The largest absolute Gasteiger partial charge is 0.457 e. The van der Waals surface area contributed by atoms with Crippen molar-refractivity contribution in [1.29, 1.82) is 10.5 Å². The van der Waals surface area contributed by atoms with Gasteiger partial charge < -0.3 is 18.9 Å². The molecule has 0 atom stereocenters. The maximum atomic E-state index is 8.63. The van der Waals surface area contributed by atoms with Crippen LogP contribution in [0.1, 0.15) is 11.1 Å². The van der Waals surface area contributed by atoms with Gasteiger partial charge in [-0.25, -0.2) is 0 Å². The molecule has 208 valence electrons. The summed E-state index contributed by atoms with van der Waals surface area (Å²) in [5, 5.41) is 17.3. The molecule has 0 aromatic heterocycles. The van der Waals surface area contributed by atoms with Crippen molar-refractivity contribution in [3.05, 3.63) is 108 Å². The van der Waals surface area contributed by atoms with Gasteiger partial charge in [-0.2, -0.15) is 0 Å². The Hall–Kier alpha value is -3.20. The van der Waals surface area contributed by atoms with Gasteiger partial charge in [0.05, 0.1) is 0 Å². The predicted octanol–water partition coefficient (Wildman–Crippen LogP) is 10.0. The molecular formula is C29H16Cl6N2O4. The van der Waals surface area contributed by atoms with Crippen molar-refractivity contribution >= 4 is 69.6 Å². The van der Waals surface area contributed by atoms with Crippen LogP contribution in [0.5, 0.6) is 34.5 Å². The van der Waals surface area contributed by atoms with Crippen molar-refractivity contribution in [2.24, 2.45) is 0 Å². The minimum atomic E-state index is -2.13. The standard InChI is InChI=1S/C29H16Cl6N2O4/c30-28(31,32)27(29(33,34)35,19-1-5-23(6-2-19)40-25-13-9-21(10-14-25)38-17-36)20-3-7-24(8-4-20)41-26-15-11-22(12-16-26)39-18-37/h1-16H. The minimum Gasteiger partial charge on any atom is -0.457 e. The van der Waals surface area contributed by atoms with Crippen LogP contribution < -0.4 is 18.9 Å². The topological polar surface area (TPSA) is 84.5 Å². The number of ether oxygens (including phenoxy) is 4. The van der Waals surface area contributed by atoms with Crippen LogP contribution >= 0.6 is 69.6 Å². The van der Waals surface area contributed by atoms with Gasteiger partial charge in [-0.1, -0.05) is 93.9 Å². The minimum absolute atomic E-state index is 0.379. The Labute approximate surface area is 265 Å². The molecular weight excluding hydrogens is 653 g/mol. The number of benzene rings is 4. The van der Waals surface area contributed by atoms with Gasteiger partial charge in [0.15, 0.2) is 0 Å². The zero-order valence-corrected chi connectivity index (χ0v) is 25.1. The van der Waals surface area contributed by atoms with Gasteiger partial charge >= 0.3 is 0 Å². The zero-order valence-electron chi connectivity index (χ0n) is 20.5. The monoisotopic (exact) mass is 666 g/mol. The molecule has 0 bridgehead atoms. The van der Waals surface area contributed by atoms with E-state index in [9.17, 15) is 0 Å². The Morgan fingerprint density at radius 1 is 0.415 bits per heavy atom. The number of hydrogen-bond donors (Lipinski definition) is 0. The summed E-state index contributed by atoms with van der Waals surface area (Å²) in [5.74, 6) is 2.68. The molecule has 0 saturated carbocycles. The molecule has 0 spiro atoms. The van der Waals surface area contributed by atoms with Crippen molar-refractivity contribution in [1.82, 2.24) is 0 Å². The van der Waals surface area contributed by atoms with E-state index < -0.39 is 13.0 Å².